The minimum atomic E-state index is 0.386. The van der Waals surface area contributed by atoms with Crippen molar-refractivity contribution >= 4 is 0 Å². The molecule has 1 aliphatic rings. The normalized spacial score (nSPS) is 16.9. The summed E-state index contributed by atoms with van der Waals surface area (Å²) < 4.78 is 0. The van der Waals surface area contributed by atoms with E-state index in [4.69, 9.17) is 0 Å². The first-order valence-corrected chi connectivity index (χ1v) is 7.66. The fraction of sp³-hybridized carbons (Fsp3) is 0.368. The monoisotopic (exact) mass is 265 g/mol. The summed E-state index contributed by atoms with van der Waals surface area (Å²) in [6, 6.07) is 22.0. The van der Waals surface area contributed by atoms with E-state index < -0.39 is 0 Å². The molecule has 0 aromatic heterocycles. The highest BCUT2D eigenvalue weighted by Crippen LogP contribution is 2.46. The Labute approximate surface area is 122 Å². The Balaban J connectivity index is 2.04. The molecule has 0 amide bonds. The molecule has 1 nitrogen and oxygen atoms in total. The van der Waals surface area contributed by atoms with Crippen molar-refractivity contribution in [3.8, 4) is 0 Å². The highest BCUT2D eigenvalue weighted by atomic mass is 15.0. The van der Waals surface area contributed by atoms with Crippen molar-refractivity contribution in [1.29, 1.82) is 0 Å². The van der Waals surface area contributed by atoms with E-state index >= 15 is 0 Å². The zero-order chi connectivity index (χ0) is 13.8. The third kappa shape index (κ3) is 2.38. The third-order valence-corrected chi connectivity index (χ3v) is 4.58. The maximum Gasteiger partial charge on any atom is 0.0170 e. The molecule has 1 saturated heterocycles. The van der Waals surface area contributed by atoms with Crippen LogP contribution < -0.4 is 5.32 Å². The SMILES string of the molecule is CCCC1(C(c2ccccc2)c2ccccc2)CNC1. The van der Waals surface area contributed by atoms with Gasteiger partial charge < -0.3 is 5.32 Å². The summed E-state index contributed by atoms with van der Waals surface area (Å²) in [7, 11) is 0. The minimum absolute atomic E-state index is 0.386. The van der Waals surface area contributed by atoms with Gasteiger partial charge >= 0.3 is 0 Å². The summed E-state index contributed by atoms with van der Waals surface area (Å²) >= 11 is 0. The highest BCUT2D eigenvalue weighted by Gasteiger charge is 2.44. The first kappa shape index (κ1) is 13.4. The molecule has 0 spiro atoms. The van der Waals surface area contributed by atoms with Gasteiger partial charge in [0.1, 0.15) is 0 Å². The Hall–Kier alpha value is -1.60. The molecular formula is C19H23N. The largest absolute Gasteiger partial charge is 0.315 e. The molecule has 1 fully saturated rings. The van der Waals surface area contributed by atoms with E-state index in [1.165, 1.54) is 24.0 Å². The number of hydrogen-bond acceptors (Lipinski definition) is 1. The maximum absolute atomic E-state index is 3.51. The Kier molecular flexibility index (Phi) is 3.88. The minimum Gasteiger partial charge on any atom is -0.315 e. The second-order valence-corrected chi connectivity index (χ2v) is 5.97. The second kappa shape index (κ2) is 5.80. The summed E-state index contributed by atoms with van der Waals surface area (Å²) in [6.07, 6.45) is 2.53. The van der Waals surface area contributed by atoms with Gasteiger partial charge in [-0.3, -0.25) is 0 Å². The van der Waals surface area contributed by atoms with Gasteiger partial charge in [-0.05, 0) is 17.5 Å². The standard InChI is InChI=1S/C19H23N/c1-2-13-19(14-20-15-19)18(16-9-5-3-6-10-16)17-11-7-4-8-12-17/h3-12,18,20H,2,13-15H2,1H3. The van der Waals surface area contributed by atoms with Gasteiger partial charge in [0, 0.05) is 24.4 Å². The zero-order valence-corrected chi connectivity index (χ0v) is 12.2. The van der Waals surface area contributed by atoms with Crippen LogP contribution >= 0.6 is 0 Å². The molecule has 0 radical (unpaired) electrons. The summed E-state index contributed by atoms with van der Waals surface area (Å²) in [4.78, 5) is 0. The summed E-state index contributed by atoms with van der Waals surface area (Å²) in [5.74, 6) is 0.506. The molecule has 1 heterocycles. The second-order valence-electron chi connectivity index (χ2n) is 5.97. The Morgan fingerprint density at radius 3 is 1.75 bits per heavy atom. The maximum atomic E-state index is 3.51. The lowest BCUT2D eigenvalue weighted by atomic mass is 9.63. The summed E-state index contributed by atoms with van der Waals surface area (Å²) in [5.41, 5.74) is 3.29. The van der Waals surface area contributed by atoms with Crippen LogP contribution in [0.25, 0.3) is 0 Å². The van der Waals surface area contributed by atoms with Gasteiger partial charge in [-0.2, -0.15) is 0 Å². The lowest BCUT2D eigenvalue weighted by Crippen LogP contribution is -2.56. The van der Waals surface area contributed by atoms with Crippen molar-refractivity contribution in [2.75, 3.05) is 13.1 Å². The highest BCUT2D eigenvalue weighted by molar-refractivity contribution is 5.36. The Morgan fingerprint density at radius 1 is 0.900 bits per heavy atom. The van der Waals surface area contributed by atoms with E-state index in [0.29, 0.717) is 11.3 Å². The molecule has 3 rings (SSSR count). The average molecular weight is 265 g/mol. The van der Waals surface area contributed by atoms with Crippen LogP contribution in [0.4, 0.5) is 0 Å². The molecule has 0 aliphatic carbocycles. The van der Waals surface area contributed by atoms with Crippen LogP contribution in [0, 0.1) is 5.41 Å². The van der Waals surface area contributed by atoms with Gasteiger partial charge in [-0.15, -0.1) is 0 Å². The summed E-state index contributed by atoms with van der Waals surface area (Å²) in [6.45, 7) is 4.57. The molecule has 20 heavy (non-hydrogen) atoms. The topological polar surface area (TPSA) is 12.0 Å². The van der Waals surface area contributed by atoms with Gasteiger partial charge in [0.15, 0.2) is 0 Å². The molecule has 0 unspecified atom stereocenters. The van der Waals surface area contributed by atoms with Gasteiger partial charge in [0.25, 0.3) is 0 Å². The van der Waals surface area contributed by atoms with Crippen LogP contribution in [0.3, 0.4) is 0 Å². The van der Waals surface area contributed by atoms with E-state index in [-0.39, 0.29) is 0 Å². The molecule has 0 atom stereocenters. The van der Waals surface area contributed by atoms with Crippen molar-refractivity contribution in [2.24, 2.45) is 5.41 Å². The predicted molar refractivity (Wildman–Crippen MR) is 84.9 cm³/mol. The number of benzene rings is 2. The van der Waals surface area contributed by atoms with E-state index in [0.717, 1.165) is 13.1 Å². The van der Waals surface area contributed by atoms with Gasteiger partial charge in [0.2, 0.25) is 0 Å². The molecule has 2 aromatic carbocycles. The van der Waals surface area contributed by atoms with Crippen molar-refractivity contribution in [3.63, 3.8) is 0 Å². The summed E-state index contributed by atoms with van der Waals surface area (Å²) in [5, 5.41) is 3.51. The van der Waals surface area contributed by atoms with Gasteiger partial charge in [-0.25, -0.2) is 0 Å². The van der Waals surface area contributed by atoms with E-state index in [9.17, 15) is 0 Å². The van der Waals surface area contributed by atoms with Crippen molar-refractivity contribution in [2.45, 2.75) is 25.7 Å². The van der Waals surface area contributed by atoms with E-state index in [1.807, 2.05) is 0 Å². The molecule has 1 heteroatoms. The zero-order valence-electron chi connectivity index (χ0n) is 12.2. The Morgan fingerprint density at radius 2 is 1.40 bits per heavy atom. The van der Waals surface area contributed by atoms with Crippen LogP contribution in [-0.4, -0.2) is 13.1 Å². The smallest absolute Gasteiger partial charge is 0.0170 e. The molecule has 2 aromatic rings. The number of hydrogen-bond donors (Lipinski definition) is 1. The number of rotatable bonds is 5. The van der Waals surface area contributed by atoms with Crippen LogP contribution in [-0.2, 0) is 0 Å². The number of nitrogens with one attached hydrogen (secondary N) is 1. The molecule has 104 valence electrons. The van der Waals surface area contributed by atoms with Crippen LogP contribution in [0.5, 0.6) is 0 Å². The first-order valence-electron chi connectivity index (χ1n) is 7.66. The van der Waals surface area contributed by atoms with Gasteiger partial charge in [0.05, 0.1) is 0 Å². The molecule has 1 aliphatic heterocycles. The predicted octanol–water partition coefficient (Wildman–Crippen LogP) is 4.21. The fourth-order valence-corrected chi connectivity index (χ4v) is 3.66. The first-order chi connectivity index (χ1) is 9.86. The quantitative estimate of drug-likeness (QED) is 0.854. The lowest BCUT2D eigenvalue weighted by Gasteiger charge is -2.49. The molecular weight excluding hydrogens is 242 g/mol. The van der Waals surface area contributed by atoms with Crippen LogP contribution in [0.1, 0.15) is 36.8 Å². The van der Waals surface area contributed by atoms with Crippen LogP contribution in [0.2, 0.25) is 0 Å². The fourth-order valence-electron chi connectivity index (χ4n) is 3.66. The van der Waals surface area contributed by atoms with Crippen molar-refractivity contribution in [1.82, 2.24) is 5.32 Å². The average Bonchev–Trinajstić information content (AvgIpc) is 2.47. The lowest BCUT2D eigenvalue weighted by molar-refractivity contribution is 0.126. The van der Waals surface area contributed by atoms with Gasteiger partial charge in [-0.1, -0.05) is 74.0 Å². The van der Waals surface area contributed by atoms with Crippen molar-refractivity contribution < 1.29 is 0 Å². The molecule has 0 saturated carbocycles. The van der Waals surface area contributed by atoms with Crippen LogP contribution in [0.15, 0.2) is 60.7 Å². The Bertz CT molecular complexity index is 489. The molecule has 1 N–H and O–H groups in total. The van der Waals surface area contributed by atoms with E-state index in [2.05, 4.69) is 72.9 Å². The molecule has 0 bridgehead atoms. The van der Waals surface area contributed by atoms with E-state index in [1.54, 1.807) is 0 Å². The van der Waals surface area contributed by atoms with Crippen molar-refractivity contribution in [3.05, 3.63) is 71.8 Å². The third-order valence-electron chi connectivity index (χ3n) is 4.58.